The molecule has 0 saturated carbocycles. The molecule has 1 aromatic heterocycles. The van der Waals surface area contributed by atoms with E-state index in [4.69, 9.17) is 16.3 Å². The fraction of sp³-hybridized carbons (Fsp3) is 0.267. The SMILES string of the molecule is CNc1cc(Cl)cc(-c2ncn(/C=C/C(=O)OC(C)C)n2)c1. The van der Waals surface area contributed by atoms with Crippen LogP contribution in [0, 0.1) is 0 Å². The predicted octanol–water partition coefficient (Wildman–Crippen LogP) is 3.06. The zero-order valence-electron chi connectivity index (χ0n) is 12.6. The molecule has 1 N–H and O–H groups in total. The molecule has 0 fully saturated rings. The average molecular weight is 321 g/mol. The fourth-order valence-electron chi connectivity index (χ4n) is 1.75. The van der Waals surface area contributed by atoms with E-state index < -0.39 is 5.97 Å². The number of esters is 1. The van der Waals surface area contributed by atoms with E-state index in [-0.39, 0.29) is 6.10 Å². The minimum absolute atomic E-state index is 0.158. The third-order valence-corrected chi connectivity index (χ3v) is 2.89. The molecule has 0 aliphatic rings. The van der Waals surface area contributed by atoms with Crippen LogP contribution in [0.4, 0.5) is 5.69 Å². The number of ether oxygens (including phenoxy) is 1. The molecule has 0 radical (unpaired) electrons. The van der Waals surface area contributed by atoms with Crippen molar-refractivity contribution in [3.63, 3.8) is 0 Å². The highest BCUT2D eigenvalue weighted by molar-refractivity contribution is 6.31. The average Bonchev–Trinajstić information content (AvgIpc) is 2.92. The molecule has 0 saturated heterocycles. The number of nitrogens with zero attached hydrogens (tertiary/aromatic N) is 3. The molecule has 0 bridgehead atoms. The summed E-state index contributed by atoms with van der Waals surface area (Å²) in [6.07, 6.45) is 4.14. The summed E-state index contributed by atoms with van der Waals surface area (Å²) in [5.41, 5.74) is 1.66. The Morgan fingerprint density at radius 1 is 1.41 bits per heavy atom. The Bertz CT molecular complexity index is 695. The molecular weight excluding hydrogens is 304 g/mol. The van der Waals surface area contributed by atoms with Crippen LogP contribution >= 0.6 is 11.6 Å². The predicted molar refractivity (Wildman–Crippen MR) is 86.6 cm³/mol. The Hall–Kier alpha value is -2.34. The van der Waals surface area contributed by atoms with Crippen molar-refractivity contribution in [3.8, 4) is 11.4 Å². The van der Waals surface area contributed by atoms with Gasteiger partial charge in [-0.2, -0.15) is 0 Å². The molecule has 0 amide bonds. The van der Waals surface area contributed by atoms with Gasteiger partial charge in [0.1, 0.15) is 6.33 Å². The summed E-state index contributed by atoms with van der Waals surface area (Å²) in [7, 11) is 1.81. The lowest BCUT2D eigenvalue weighted by Crippen LogP contribution is -2.08. The lowest BCUT2D eigenvalue weighted by atomic mass is 10.2. The molecule has 1 heterocycles. The molecule has 0 spiro atoms. The first kappa shape index (κ1) is 16.0. The summed E-state index contributed by atoms with van der Waals surface area (Å²) in [6.45, 7) is 3.58. The number of carbonyl (C=O) groups excluding carboxylic acids is 1. The highest BCUT2D eigenvalue weighted by Crippen LogP contribution is 2.24. The number of rotatable bonds is 5. The van der Waals surface area contributed by atoms with E-state index in [1.165, 1.54) is 23.3 Å². The standard InChI is InChI=1S/C15H17ClN4O2/c1-10(2)22-14(21)4-5-20-9-18-15(19-20)11-6-12(16)8-13(7-11)17-3/h4-10,17H,1-3H3/b5-4+. The van der Waals surface area contributed by atoms with Gasteiger partial charge in [0.15, 0.2) is 5.82 Å². The Balaban J connectivity index is 2.16. The van der Waals surface area contributed by atoms with Gasteiger partial charge in [0, 0.05) is 35.6 Å². The van der Waals surface area contributed by atoms with Gasteiger partial charge in [0.2, 0.25) is 0 Å². The summed E-state index contributed by atoms with van der Waals surface area (Å²) >= 11 is 6.06. The van der Waals surface area contributed by atoms with E-state index in [0.717, 1.165) is 11.3 Å². The molecule has 0 atom stereocenters. The maximum atomic E-state index is 11.4. The summed E-state index contributed by atoms with van der Waals surface area (Å²) in [5.74, 6) is 0.0909. The summed E-state index contributed by atoms with van der Waals surface area (Å²) in [5, 5.41) is 7.89. The van der Waals surface area contributed by atoms with Gasteiger partial charge in [0.05, 0.1) is 6.10 Å². The van der Waals surface area contributed by atoms with Gasteiger partial charge in [-0.3, -0.25) is 0 Å². The first-order valence-corrected chi connectivity index (χ1v) is 7.14. The topological polar surface area (TPSA) is 69.0 Å². The second kappa shape index (κ2) is 7.09. The van der Waals surface area contributed by atoms with Gasteiger partial charge < -0.3 is 10.1 Å². The van der Waals surface area contributed by atoms with Crippen molar-refractivity contribution in [2.24, 2.45) is 0 Å². The van der Waals surface area contributed by atoms with E-state index >= 15 is 0 Å². The third kappa shape index (κ3) is 4.33. The quantitative estimate of drug-likeness (QED) is 0.677. The fourth-order valence-corrected chi connectivity index (χ4v) is 1.99. The number of aromatic nitrogens is 3. The molecule has 0 aliphatic heterocycles. The Labute approximate surface area is 133 Å². The number of carbonyl (C=O) groups is 1. The van der Waals surface area contributed by atoms with Crippen LogP contribution in [-0.4, -0.2) is 33.9 Å². The second-order valence-electron chi connectivity index (χ2n) is 4.83. The van der Waals surface area contributed by atoms with E-state index in [2.05, 4.69) is 15.4 Å². The summed E-state index contributed by atoms with van der Waals surface area (Å²) < 4.78 is 6.44. The third-order valence-electron chi connectivity index (χ3n) is 2.67. The molecule has 0 aliphatic carbocycles. The highest BCUT2D eigenvalue weighted by atomic mass is 35.5. The van der Waals surface area contributed by atoms with Crippen molar-refractivity contribution in [2.45, 2.75) is 20.0 Å². The van der Waals surface area contributed by atoms with Crippen LogP contribution in [-0.2, 0) is 9.53 Å². The number of hydrogen-bond acceptors (Lipinski definition) is 5. The smallest absolute Gasteiger partial charge is 0.332 e. The van der Waals surface area contributed by atoms with Gasteiger partial charge in [-0.25, -0.2) is 14.5 Å². The number of halogens is 1. The van der Waals surface area contributed by atoms with Gasteiger partial charge in [0.25, 0.3) is 0 Å². The van der Waals surface area contributed by atoms with Crippen molar-refractivity contribution >= 4 is 29.5 Å². The van der Waals surface area contributed by atoms with E-state index in [0.29, 0.717) is 10.8 Å². The Morgan fingerprint density at radius 2 is 2.18 bits per heavy atom. The zero-order chi connectivity index (χ0) is 16.1. The van der Waals surface area contributed by atoms with Gasteiger partial charge >= 0.3 is 5.97 Å². The van der Waals surface area contributed by atoms with Gasteiger partial charge in [-0.15, -0.1) is 5.10 Å². The van der Waals surface area contributed by atoms with Crippen LogP contribution in [0.3, 0.4) is 0 Å². The molecule has 1 aromatic carbocycles. The molecule has 7 heteroatoms. The second-order valence-corrected chi connectivity index (χ2v) is 5.26. The van der Waals surface area contributed by atoms with Crippen molar-refractivity contribution in [1.82, 2.24) is 14.8 Å². The van der Waals surface area contributed by atoms with Crippen LogP contribution in [0.15, 0.2) is 30.6 Å². The van der Waals surface area contributed by atoms with Crippen LogP contribution in [0.1, 0.15) is 13.8 Å². The van der Waals surface area contributed by atoms with E-state index in [9.17, 15) is 4.79 Å². The minimum atomic E-state index is -0.424. The first-order valence-electron chi connectivity index (χ1n) is 6.76. The lowest BCUT2D eigenvalue weighted by Gasteiger charge is -2.03. The molecule has 2 rings (SSSR count). The largest absolute Gasteiger partial charge is 0.460 e. The first-order chi connectivity index (χ1) is 10.5. The molecule has 22 heavy (non-hydrogen) atoms. The lowest BCUT2D eigenvalue weighted by molar-refractivity contribution is -0.141. The summed E-state index contributed by atoms with van der Waals surface area (Å²) in [6, 6.07) is 5.48. The highest BCUT2D eigenvalue weighted by Gasteiger charge is 2.07. The van der Waals surface area contributed by atoms with Crippen LogP contribution in [0.5, 0.6) is 0 Å². The molecule has 6 nitrogen and oxygen atoms in total. The molecule has 0 unspecified atom stereocenters. The van der Waals surface area contributed by atoms with Gasteiger partial charge in [-0.05, 0) is 32.0 Å². The zero-order valence-corrected chi connectivity index (χ0v) is 13.3. The number of benzene rings is 1. The maximum absolute atomic E-state index is 11.4. The number of nitrogens with one attached hydrogen (secondary N) is 1. The van der Waals surface area contributed by atoms with Crippen molar-refractivity contribution in [1.29, 1.82) is 0 Å². The Kier molecular flexibility index (Phi) is 5.16. The van der Waals surface area contributed by atoms with E-state index in [1.807, 2.05) is 19.2 Å². The van der Waals surface area contributed by atoms with Crippen LogP contribution in [0.2, 0.25) is 5.02 Å². The summed E-state index contributed by atoms with van der Waals surface area (Å²) in [4.78, 5) is 15.6. The Morgan fingerprint density at radius 3 is 2.86 bits per heavy atom. The van der Waals surface area contributed by atoms with Crippen molar-refractivity contribution in [3.05, 3.63) is 35.6 Å². The molecule has 2 aromatic rings. The molecule has 116 valence electrons. The monoisotopic (exact) mass is 320 g/mol. The molecular formula is C15H17ClN4O2. The van der Waals surface area contributed by atoms with Crippen LogP contribution in [0.25, 0.3) is 17.6 Å². The van der Waals surface area contributed by atoms with Gasteiger partial charge in [-0.1, -0.05) is 11.6 Å². The van der Waals surface area contributed by atoms with Crippen LogP contribution < -0.4 is 5.32 Å². The minimum Gasteiger partial charge on any atom is -0.460 e. The normalized spacial score (nSPS) is 11.1. The maximum Gasteiger partial charge on any atom is 0.332 e. The van der Waals surface area contributed by atoms with Crippen molar-refractivity contribution < 1.29 is 9.53 Å². The van der Waals surface area contributed by atoms with E-state index in [1.54, 1.807) is 19.9 Å². The number of anilines is 1. The number of hydrogen-bond donors (Lipinski definition) is 1. The van der Waals surface area contributed by atoms with Crippen molar-refractivity contribution in [2.75, 3.05) is 12.4 Å².